The highest BCUT2D eigenvalue weighted by atomic mass is 35.5. The second-order valence-electron chi connectivity index (χ2n) is 4.37. The van der Waals surface area contributed by atoms with Crippen LogP contribution in [0.1, 0.15) is 5.56 Å². The first-order valence-electron chi connectivity index (χ1n) is 6.25. The van der Waals surface area contributed by atoms with E-state index in [2.05, 4.69) is 9.98 Å². The molecular formula is C16H11ClN2OS. The van der Waals surface area contributed by atoms with Gasteiger partial charge in [0.15, 0.2) is 0 Å². The van der Waals surface area contributed by atoms with E-state index < -0.39 is 0 Å². The second kappa shape index (κ2) is 6.08. The summed E-state index contributed by atoms with van der Waals surface area (Å²) in [6.07, 6.45) is 1.76. The lowest BCUT2D eigenvalue weighted by Gasteiger charge is -1.95. The Kier molecular flexibility index (Phi) is 3.99. The number of phenolic OH excluding ortho intramolecular Hbond substituents is 1. The van der Waals surface area contributed by atoms with E-state index in [-0.39, 0.29) is 5.75 Å². The quantitative estimate of drug-likeness (QED) is 0.697. The normalized spacial score (nSPS) is 11.1. The molecule has 0 saturated carbocycles. The van der Waals surface area contributed by atoms with Crippen LogP contribution in [-0.2, 0) is 0 Å². The highest BCUT2D eigenvalue weighted by Gasteiger charge is 2.03. The van der Waals surface area contributed by atoms with E-state index >= 15 is 0 Å². The number of benzene rings is 2. The molecule has 0 radical (unpaired) electrons. The van der Waals surface area contributed by atoms with Crippen LogP contribution < -0.4 is 0 Å². The third-order valence-electron chi connectivity index (χ3n) is 2.85. The Morgan fingerprint density at radius 3 is 2.48 bits per heavy atom. The van der Waals surface area contributed by atoms with Crippen molar-refractivity contribution < 1.29 is 5.11 Å². The Hall–Kier alpha value is -2.17. The van der Waals surface area contributed by atoms with Gasteiger partial charge in [0, 0.05) is 22.2 Å². The van der Waals surface area contributed by atoms with Crippen LogP contribution in [-0.4, -0.2) is 16.3 Å². The summed E-state index contributed by atoms with van der Waals surface area (Å²) in [6.45, 7) is 0. The highest BCUT2D eigenvalue weighted by molar-refractivity contribution is 7.13. The first kappa shape index (κ1) is 13.8. The number of hydrogen-bond acceptors (Lipinski definition) is 4. The van der Waals surface area contributed by atoms with Crippen LogP contribution in [0.15, 0.2) is 58.9 Å². The first-order valence-corrected chi connectivity index (χ1v) is 7.51. The number of aliphatic imine (C=N–C) groups is 1. The van der Waals surface area contributed by atoms with Crippen molar-refractivity contribution in [2.24, 2.45) is 4.99 Å². The zero-order valence-electron chi connectivity index (χ0n) is 10.9. The molecule has 0 bridgehead atoms. The van der Waals surface area contributed by atoms with Crippen LogP contribution in [0.3, 0.4) is 0 Å². The van der Waals surface area contributed by atoms with Gasteiger partial charge in [0.2, 0.25) is 5.13 Å². The van der Waals surface area contributed by atoms with Gasteiger partial charge in [-0.3, -0.25) is 0 Å². The Bertz CT molecular complexity index is 764. The molecule has 0 atom stereocenters. The maximum Gasteiger partial charge on any atom is 0.209 e. The molecule has 0 saturated heterocycles. The van der Waals surface area contributed by atoms with Gasteiger partial charge in [0.05, 0.1) is 5.69 Å². The van der Waals surface area contributed by atoms with Gasteiger partial charge in [0.25, 0.3) is 0 Å². The first-order chi connectivity index (χ1) is 10.2. The lowest BCUT2D eigenvalue weighted by Crippen LogP contribution is -1.79. The molecule has 0 aliphatic carbocycles. The molecule has 0 aliphatic rings. The third kappa shape index (κ3) is 3.48. The predicted octanol–water partition coefficient (Wildman–Crippen LogP) is 4.92. The van der Waals surface area contributed by atoms with E-state index in [1.165, 1.54) is 11.3 Å². The summed E-state index contributed by atoms with van der Waals surface area (Å²) < 4.78 is 0. The van der Waals surface area contributed by atoms with E-state index in [0.29, 0.717) is 10.2 Å². The lowest BCUT2D eigenvalue weighted by atomic mass is 10.2. The zero-order chi connectivity index (χ0) is 14.7. The number of hydrogen-bond donors (Lipinski definition) is 1. The molecule has 1 heterocycles. The van der Waals surface area contributed by atoms with Gasteiger partial charge in [-0.25, -0.2) is 9.98 Å². The number of thiazole rings is 1. The van der Waals surface area contributed by atoms with Gasteiger partial charge in [-0.1, -0.05) is 23.7 Å². The van der Waals surface area contributed by atoms with Gasteiger partial charge in [-0.05, 0) is 42.0 Å². The molecule has 2 aromatic carbocycles. The largest absolute Gasteiger partial charge is 0.508 e. The monoisotopic (exact) mass is 314 g/mol. The number of nitrogens with zero attached hydrogens (tertiary/aromatic N) is 2. The molecule has 104 valence electrons. The highest BCUT2D eigenvalue weighted by Crippen LogP contribution is 2.27. The van der Waals surface area contributed by atoms with E-state index in [1.54, 1.807) is 18.3 Å². The number of rotatable bonds is 3. The topological polar surface area (TPSA) is 45.5 Å². The summed E-state index contributed by atoms with van der Waals surface area (Å²) in [4.78, 5) is 8.82. The maximum atomic E-state index is 9.29. The Morgan fingerprint density at radius 2 is 1.76 bits per heavy atom. The van der Waals surface area contributed by atoms with E-state index in [0.717, 1.165) is 16.8 Å². The summed E-state index contributed by atoms with van der Waals surface area (Å²) in [6, 6.07) is 14.4. The minimum atomic E-state index is 0.245. The summed E-state index contributed by atoms with van der Waals surface area (Å²) in [5.74, 6) is 0.245. The third-order valence-corrected chi connectivity index (χ3v) is 3.85. The Morgan fingerprint density at radius 1 is 1.05 bits per heavy atom. The predicted molar refractivity (Wildman–Crippen MR) is 87.9 cm³/mol. The molecule has 0 unspecified atom stereocenters. The molecule has 0 spiro atoms. The number of aromatic nitrogens is 1. The summed E-state index contributed by atoms with van der Waals surface area (Å²) >= 11 is 7.31. The standard InChI is InChI=1S/C16H11ClN2OS/c17-13-5-1-11(2-6-13)9-18-16-19-15(10-21-16)12-3-7-14(20)8-4-12/h1-10,20H/b18-9+. The molecular weight excluding hydrogens is 304 g/mol. The van der Waals surface area contributed by atoms with Crippen molar-refractivity contribution in [3.8, 4) is 17.0 Å². The molecule has 3 nitrogen and oxygen atoms in total. The number of halogens is 1. The molecule has 0 fully saturated rings. The van der Waals surface area contributed by atoms with Crippen LogP contribution in [0.2, 0.25) is 5.02 Å². The van der Waals surface area contributed by atoms with Crippen LogP contribution in [0.5, 0.6) is 5.75 Å². The fourth-order valence-corrected chi connectivity index (χ4v) is 2.56. The molecule has 21 heavy (non-hydrogen) atoms. The average molecular weight is 315 g/mol. The lowest BCUT2D eigenvalue weighted by molar-refractivity contribution is 0.475. The molecule has 0 aliphatic heterocycles. The summed E-state index contributed by atoms with van der Waals surface area (Å²) in [5.41, 5.74) is 2.78. The van der Waals surface area contributed by atoms with Crippen LogP contribution >= 0.6 is 22.9 Å². The van der Waals surface area contributed by atoms with Gasteiger partial charge < -0.3 is 5.11 Å². The van der Waals surface area contributed by atoms with Crippen molar-refractivity contribution >= 4 is 34.3 Å². The van der Waals surface area contributed by atoms with Crippen LogP contribution in [0.25, 0.3) is 11.3 Å². The average Bonchev–Trinajstić information content (AvgIpc) is 2.96. The van der Waals surface area contributed by atoms with Gasteiger partial charge in [-0.2, -0.15) is 0 Å². The van der Waals surface area contributed by atoms with E-state index in [9.17, 15) is 5.11 Å². The molecule has 5 heteroatoms. The second-order valence-corrected chi connectivity index (χ2v) is 5.64. The van der Waals surface area contributed by atoms with Gasteiger partial charge in [0.1, 0.15) is 5.75 Å². The van der Waals surface area contributed by atoms with Crippen molar-refractivity contribution in [3.05, 3.63) is 64.5 Å². The van der Waals surface area contributed by atoms with E-state index in [1.807, 2.05) is 41.8 Å². The molecule has 1 N–H and O–H groups in total. The fourth-order valence-electron chi connectivity index (χ4n) is 1.77. The maximum absolute atomic E-state index is 9.29. The van der Waals surface area contributed by atoms with Crippen LogP contribution in [0.4, 0.5) is 5.13 Å². The van der Waals surface area contributed by atoms with Crippen molar-refractivity contribution in [2.45, 2.75) is 0 Å². The van der Waals surface area contributed by atoms with Crippen molar-refractivity contribution in [3.63, 3.8) is 0 Å². The molecule has 0 amide bonds. The molecule has 3 rings (SSSR count). The van der Waals surface area contributed by atoms with E-state index in [4.69, 9.17) is 11.6 Å². The SMILES string of the molecule is Oc1ccc(-c2csc(/N=C/c3ccc(Cl)cc3)n2)cc1. The zero-order valence-corrected chi connectivity index (χ0v) is 12.5. The van der Waals surface area contributed by atoms with Crippen LogP contribution in [0, 0.1) is 0 Å². The van der Waals surface area contributed by atoms with Gasteiger partial charge >= 0.3 is 0 Å². The number of aromatic hydroxyl groups is 1. The van der Waals surface area contributed by atoms with Crippen molar-refractivity contribution in [2.75, 3.05) is 0 Å². The molecule has 3 aromatic rings. The smallest absolute Gasteiger partial charge is 0.209 e. The summed E-state index contributed by atoms with van der Waals surface area (Å²) in [5, 5.41) is 12.6. The number of phenols is 1. The fraction of sp³-hybridized carbons (Fsp3) is 0. The summed E-state index contributed by atoms with van der Waals surface area (Å²) in [7, 11) is 0. The van der Waals surface area contributed by atoms with Crippen molar-refractivity contribution in [1.82, 2.24) is 4.98 Å². The molecule has 1 aromatic heterocycles. The minimum absolute atomic E-state index is 0.245. The Balaban J connectivity index is 1.78. The minimum Gasteiger partial charge on any atom is -0.508 e. The van der Waals surface area contributed by atoms with Gasteiger partial charge in [-0.15, -0.1) is 11.3 Å². The van der Waals surface area contributed by atoms with Crippen molar-refractivity contribution in [1.29, 1.82) is 0 Å². The Labute approximate surface area is 131 Å².